The fourth-order valence-electron chi connectivity index (χ4n) is 2.33. The van der Waals surface area contributed by atoms with Crippen LogP contribution in [0.1, 0.15) is 11.3 Å². The predicted molar refractivity (Wildman–Crippen MR) is 91.8 cm³/mol. The first-order chi connectivity index (χ1) is 10.2. The molecule has 0 saturated heterocycles. The Hall–Kier alpha value is -1.33. The van der Waals surface area contributed by atoms with E-state index in [4.69, 9.17) is 4.74 Å². The Balaban J connectivity index is 1.87. The van der Waals surface area contributed by atoms with Crippen LogP contribution < -0.4 is 4.74 Å². The first kappa shape index (κ1) is 14.6. The SMILES string of the molecule is Cn1nc(COc2ccc(Br)cc2CBr)c2ccccc21. The van der Waals surface area contributed by atoms with Gasteiger partial charge in [0, 0.05) is 27.8 Å². The van der Waals surface area contributed by atoms with Crippen molar-refractivity contribution in [3.63, 3.8) is 0 Å². The van der Waals surface area contributed by atoms with Crippen molar-refractivity contribution in [1.82, 2.24) is 9.78 Å². The molecule has 0 saturated carbocycles. The minimum absolute atomic E-state index is 0.461. The van der Waals surface area contributed by atoms with Gasteiger partial charge in [-0.2, -0.15) is 5.10 Å². The molecule has 0 N–H and O–H groups in total. The lowest BCUT2D eigenvalue weighted by Gasteiger charge is -2.09. The third-order valence-corrected chi connectivity index (χ3v) is 4.46. The second kappa shape index (κ2) is 6.20. The van der Waals surface area contributed by atoms with Gasteiger partial charge in [0.15, 0.2) is 0 Å². The van der Waals surface area contributed by atoms with Crippen LogP contribution in [-0.2, 0) is 19.0 Å². The fourth-order valence-corrected chi connectivity index (χ4v) is 3.18. The summed E-state index contributed by atoms with van der Waals surface area (Å²) in [7, 11) is 1.95. The van der Waals surface area contributed by atoms with Gasteiger partial charge < -0.3 is 4.74 Å². The number of hydrogen-bond acceptors (Lipinski definition) is 2. The van der Waals surface area contributed by atoms with E-state index in [9.17, 15) is 0 Å². The second-order valence-electron chi connectivity index (χ2n) is 4.76. The maximum absolute atomic E-state index is 5.96. The van der Waals surface area contributed by atoms with Crippen LogP contribution in [-0.4, -0.2) is 9.78 Å². The van der Waals surface area contributed by atoms with Gasteiger partial charge in [-0.3, -0.25) is 4.68 Å². The molecule has 3 rings (SSSR count). The normalized spacial score (nSPS) is 11.0. The van der Waals surface area contributed by atoms with Crippen molar-refractivity contribution in [3.8, 4) is 5.75 Å². The lowest BCUT2D eigenvalue weighted by molar-refractivity contribution is 0.299. The van der Waals surface area contributed by atoms with Crippen LogP contribution in [0.3, 0.4) is 0 Å². The van der Waals surface area contributed by atoms with E-state index in [1.165, 1.54) is 0 Å². The van der Waals surface area contributed by atoms with Crippen LogP contribution in [0, 0.1) is 0 Å². The molecule has 3 aromatic rings. The summed E-state index contributed by atoms with van der Waals surface area (Å²) in [4.78, 5) is 0. The number of fused-ring (bicyclic) bond motifs is 1. The molecule has 0 aliphatic carbocycles. The van der Waals surface area contributed by atoms with Gasteiger partial charge >= 0.3 is 0 Å². The molecule has 0 aliphatic rings. The fraction of sp³-hybridized carbons (Fsp3) is 0.188. The highest BCUT2D eigenvalue weighted by Gasteiger charge is 2.10. The third kappa shape index (κ3) is 2.99. The van der Waals surface area contributed by atoms with Gasteiger partial charge in [-0.05, 0) is 24.3 Å². The van der Waals surface area contributed by atoms with Gasteiger partial charge in [0.05, 0.1) is 5.52 Å². The van der Waals surface area contributed by atoms with E-state index < -0.39 is 0 Å². The Kier molecular flexibility index (Phi) is 4.31. The molecule has 0 radical (unpaired) electrons. The molecule has 0 atom stereocenters. The van der Waals surface area contributed by atoms with Gasteiger partial charge in [0.2, 0.25) is 0 Å². The minimum Gasteiger partial charge on any atom is -0.487 e. The molecule has 3 nitrogen and oxygen atoms in total. The molecule has 0 bridgehead atoms. The molecule has 1 heterocycles. The highest BCUT2D eigenvalue weighted by atomic mass is 79.9. The van der Waals surface area contributed by atoms with Crippen molar-refractivity contribution in [2.45, 2.75) is 11.9 Å². The van der Waals surface area contributed by atoms with E-state index in [1.54, 1.807) is 0 Å². The maximum atomic E-state index is 5.96. The van der Waals surface area contributed by atoms with Crippen molar-refractivity contribution < 1.29 is 4.74 Å². The summed E-state index contributed by atoms with van der Waals surface area (Å²) in [5.74, 6) is 0.879. The molecule has 108 valence electrons. The van der Waals surface area contributed by atoms with Crippen LogP contribution >= 0.6 is 31.9 Å². The Morgan fingerprint density at radius 3 is 2.81 bits per heavy atom. The number of benzene rings is 2. The molecule has 5 heteroatoms. The monoisotopic (exact) mass is 408 g/mol. The Bertz CT molecular complexity index is 783. The molecular formula is C16H14Br2N2O. The quantitative estimate of drug-likeness (QED) is 0.578. The molecule has 1 aromatic heterocycles. The van der Waals surface area contributed by atoms with Gasteiger partial charge in [0.25, 0.3) is 0 Å². The number of aromatic nitrogens is 2. The average molecular weight is 410 g/mol. The Labute approximate surface area is 140 Å². The van der Waals surface area contributed by atoms with Crippen LogP contribution in [0.25, 0.3) is 10.9 Å². The van der Waals surface area contributed by atoms with Crippen LogP contribution in [0.5, 0.6) is 5.75 Å². The van der Waals surface area contributed by atoms with Crippen LogP contribution in [0.4, 0.5) is 0 Å². The average Bonchev–Trinajstić information content (AvgIpc) is 2.83. The summed E-state index contributed by atoms with van der Waals surface area (Å²) >= 11 is 6.97. The van der Waals surface area contributed by atoms with Crippen molar-refractivity contribution in [2.24, 2.45) is 7.05 Å². The van der Waals surface area contributed by atoms with E-state index in [1.807, 2.05) is 36.0 Å². The van der Waals surface area contributed by atoms with Crippen LogP contribution in [0.2, 0.25) is 0 Å². The van der Waals surface area contributed by atoms with Crippen molar-refractivity contribution in [2.75, 3.05) is 0 Å². The summed E-state index contributed by atoms with van der Waals surface area (Å²) in [6.07, 6.45) is 0. The van der Waals surface area contributed by atoms with Crippen LogP contribution in [0.15, 0.2) is 46.9 Å². The highest BCUT2D eigenvalue weighted by molar-refractivity contribution is 9.10. The van der Waals surface area contributed by atoms with Gasteiger partial charge in [0.1, 0.15) is 18.1 Å². The zero-order chi connectivity index (χ0) is 14.8. The first-order valence-corrected chi connectivity index (χ1v) is 8.48. The molecule has 21 heavy (non-hydrogen) atoms. The first-order valence-electron chi connectivity index (χ1n) is 6.57. The van der Waals surface area contributed by atoms with Gasteiger partial charge in [-0.1, -0.05) is 50.1 Å². The summed E-state index contributed by atoms with van der Waals surface area (Å²) in [6, 6.07) is 14.2. The van der Waals surface area contributed by atoms with E-state index >= 15 is 0 Å². The summed E-state index contributed by atoms with van der Waals surface area (Å²) in [5, 5.41) is 6.44. The number of ether oxygens (including phenoxy) is 1. The van der Waals surface area contributed by atoms with E-state index in [0.29, 0.717) is 6.61 Å². The molecule has 0 unspecified atom stereocenters. The maximum Gasteiger partial charge on any atom is 0.133 e. The number of nitrogens with zero attached hydrogens (tertiary/aromatic N) is 2. The number of alkyl halides is 1. The number of para-hydroxylation sites is 1. The molecule has 2 aromatic carbocycles. The van der Waals surface area contributed by atoms with Gasteiger partial charge in [-0.25, -0.2) is 0 Å². The second-order valence-corrected chi connectivity index (χ2v) is 6.24. The number of aryl methyl sites for hydroxylation is 1. The zero-order valence-corrected chi connectivity index (χ0v) is 14.7. The highest BCUT2D eigenvalue weighted by Crippen LogP contribution is 2.27. The smallest absolute Gasteiger partial charge is 0.133 e. The standard InChI is InChI=1S/C16H14Br2N2O/c1-20-15-5-3-2-4-13(15)14(19-20)10-21-16-7-6-12(18)8-11(16)9-17/h2-8H,9-10H2,1H3. The summed E-state index contributed by atoms with van der Waals surface area (Å²) < 4.78 is 8.90. The summed E-state index contributed by atoms with van der Waals surface area (Å²) in [5.41, 5.74) is 3.19. The topological polar surface area (TPSA) is 27.1 Å². The van der Waals surface area contributed by atoms with Crippen molar-refractivity contribution >= 4 is 42.8 Å². The molecule has 0 aliphatic heterocycles. The molecule has 0 amide bonds. The van der Waals surface area contributed by atoms with E-state index in [0.717, 1.165) is 37.7 Å². The molecular weight excluding hydrogens is 396 g/mol. The van der Waals surface area contributed by atoms with Crippen molar-refractivity contribution in [3.05, 3.63) is 58.2 Å². The predicted octanol–water partition coefficient (Wildman–Crippen LogP) is 4.81. The summed E-state index contributed by atoms with van der Waals surface area (Å²) in [6.45, 7) is 0.461. The largest absolute Gasteiger partial charge is 0.487 e. The van der Waals surface area contributed by atoms with Gasteiger partial charge in [-0.15, -0.1) is 0 Å². The van der Waals surface area contributed by atoms with E-state index in [2.05, 4.69) is 55.2 Å². The minimum atomic E-state index is 0.461. The number of rotatable bonds is 4. The number of hydrogen-bond donors (Lipinski definition) is 0. The lowest BCUT2D eigenvalue weighted by Crippen LogP contribution is -2.00. The number of halogens is 2. The zero-order valence-electron chi connectivity index (χ0n) is 11.5. The third-order valence-electron chi connectivity index (χ3n) is 3.37. The molecule has 0 spiro atoms. The Morgan fingerprint density at radius 2 is 2.00 bits per heavy atom. The van der Waals surface area contributed by atoms with E-state index in [-0.39, 0.29) is 0 Å². The Morgan fingerprint density at radius 1 is 1.19 bits per heavy atom. The van der Waals surface area contributed by atoms with Crippen molar-refractivity contribution in [1.29, 1.82) is 0 Å². The lowest BCUT2D eigenvalue weighted by atomic mass is 10.2. The molecule has 0 fully saturated rings.